The number of carbonyl (C=O) groups is 2. The van der Waals surface area contributed by atoms with Gasteiger partial charge in [-0.25, -0.2) is 4.79 Å². The van der Waals surface area contributed by atoms with E-state index in [0.29, 0.717) is 35.8 Å². The summed E-state index contributed by atoms with van der Waals surface area (Å²) >= 11 is 0. The third-order valence-electron chi connectivity index (χ3n) is 7.63. The van der Waals surface area contributed by atoms with Crippen LogP contribution in [0.1, 0.15) is 64.6 Å². The monoisotopic (exact) mass is 396 g/mol. The zero-order valence-electron chi connectivity index (χ0n) is 16.8. The van der Waals surface area contributed by atoms with Crippen LogP contribution in [0.2, 0.25) is 0 Å². The lowest BCUT2D eigenvalue weighted by Crippen LogP contribution is -2.40. The lowest BCUT2D eigenvalue weighted by atomic mass is 9.63. The van der Waals surface area contributed by atoms with Gasteiger partial charge >= 0.3 is 11.9 Å². The Hall–Kier alpha value is -2.60. The molecule has 0 unspecified atom stereocenters. The summed E-state index contributed by atoms with van der Waals surface area (Å²) in [5.74, 6) is -1.15. The van der Waals surface area contributed by atoms with Gasteiger partial charge in [-0.3, -0.25) is 4.79 Å². The minimum atomic E-state index is -0.922. The van der Waals surface area contributed by atoms with Crippen molar-refractivity contribution in [1.29, 1.82) is 0 Å². The highest BCUT2D eigenvalue weighted by molar-refractivity contribution is 6.05. The average molecular weight is 396 g/mol. The van der Waals surface area contributed by atoms with Crippen LogP contribution in [0.25, 0.3) is 11.0 Å². The van der Waals surface area contributed by atoms with Gasteiger partial charge in [0.15, 0.2) is 0 Å². The molecule has 1 spiro atoms. The maximum Gasteiger partial charge on any atom is 0.341 e. The maximum atomic E-state index is 13.0. The summed E-state index contributed by atoms with van der Waals surface area (Å²) in [7, 11) is 2.75. The van der Waals surface area contributed by atoms with Crippen LogP contribution in [0.4, 0.5) is 0 Å². The molecule has 0 saturated heterocycles. The number of aliphatic hydroxyl groups is 1. The molecule has 6 nitrogen and oxygen atoms in total. The Bertz CT molecular complexity index is 1090. The molecular formula is C23H24O6. The zero-order valence-corrected chi connectivity index (χ0v) is 16.8. The number of rotatable bonds is 2. The minimum Gasteiger partial charge on any atom is -0.469 e. The molecule has 0 amide bonds. The fraction of sp³-hybridized carbons (Fsp3) is 0.478. The Kier molecular flexibility index (Phi) is 3.64. The van der Waals surface area contributed by atoms with Crippen LogP contribution in [-0.2, 0) is 14.3 Å². The van der Waals surface area contributed by atoms with Gasteiger partial charge < -0.3 is 19.0 Å². The van der Waals surface area contributed by atoms with E-state index < -0.39 is 22.9 Å². The minimum absolute atomic E-state index is 0.0876. The smallest absolute Gasteiger partial charge is 0.341 e. The van der Waals surface area contributed by atoms with Crippen LogP contribution < -0.4 is 0 Å². The van der Waals surface area contributed by atoms with Crippen LogP contribution in [-0.4, -0.2) is 36.9 Å². The van der Waals surface area contributed by atoms with Gasteiger partial charge in [-0.1, -0.05) is 6.58 Å². The highest BCUT2D eigenvalue weighted by Crippen LogP contribution is 2.72. The number of hydrogen-bond donors (Lipinski definition) is 1. The molecule has 6 heteroatoms. The lowest BCUT2D eigenvalue weighted by molar-refractivity contribution is -0.147. The second-order valence-electron chi connectivity index (χ2n) is 8.79. The highest BCUT2D eigenvalue weighted by Gasteiger charge is 2.66. The van der Waals surface area contributed by atoms with Gasteiger partial charge in [0, 0.05) is 10.8 Å². The predicted octanol–water partition coefficient (Wildman–Crippen LogP) is 3.74. The fourth-order valence-corrected chi connectivity index (χ4v) is 6.42. The highest BCUT2D eigenvalue weighted by atomic mass is 16.5. The number of benzene rings is 1. The van der Waals surface area contributed by atoms with E-state index in [0.717, 1.165) is 28.7 Å². The molecule has 2 bridgehead atoms. The van der Waals surface area contributed by atoms with E-state index in [4.69, 9.17) is 13.9 Å². The van der Waals surface area contributed by atoms with Gasteiger partial charge in [0.05, 0.1) is 25.7 Å². The fourth-order valence-electron chi connectivity index (χ4n) is 6.42. The normalized spacial score (nSPS) is 32.2. The third kappa shape index (κ3) is 2.10. The second kappa shape index (κ2) is 5.72. The third-order valence-corrected chi connectivity index (χ3v) is 7.63. The SMILES string of the molecule is C=C1C[C@]23C[C@@]1(O)CC[C@H]2c1cc2c(C(=O)OC)coc2c(C)c1[C@@H]3C(=O)OC. The van der Waals surface area contributed by atoms with Crippen molar-refractivity contribution in [2.45, 2.75) is 50.0 Å². The standard InChI is InChI=1S/C23H24O6/c1-11-8-22-10-23(11,26)6-5-16(22)14-7-13-15(20(24)27-3)9-29-19(13)12(2)17(14)18(22)21(25)28-4/h7,9,16,18,26H,1,5-6,8,10H2,2-4H3/t16-,18+,22-,23-/m0/s1. The van der Waals surface area contributed by atoms with Crippen molar-refractivity contribution in [3.63, 3.8) is 0 Å². The van der Waals surface area contributed by atoms with Gasteiger partial charge in [-0.2, -0.15) is 0 Å². The molecule has 5 rings (SSSR count). The van der Waals surface area contributed by atoms with Crippen LogP contribution >= 0.6 is 0 Å². The maximum absolute atomic E-state index is 13.0. The largest absolute Gasteiger partial charge is 0.469 e. The van der Waals surface area contributed by atoms with Crippen molar-refractivity contribution in [3.05, 3.63) is 46.7 Å². The molecule has 3 aliphatic rings. The van der Waals surface area contributed by atoms with E-state index in [9.17, 15) is 14.7 Å². The van der Waals surface area contributed by atoms with Gasteiger partial charge in [0.25, 0.3) is 0 Å². The Labute approximate surface area is 168 Å². The molecule has 2 aromatic rings. The summed E-state index contributed by atoms with van der Waals surface area (Å²) in [4.78, 5) is 25.2. The molecule has 1 aromatic heterocycles. The number of fused-ring (bicyclic) bond motifs is 4. The van der Waals surface area contributed by atoms with E-state index in [-0.39, 0.29) is 11.9 Å². The topological polar surface area (TPSA) is 86.0 Å². The zero-order chi connectivity index (χ0) is 20.7. The molecular weight excluding hydrogens is 372 g/mol. The Balaban J connectivity index is 1.80. The van der Waals surface area contributed by atoms with Crippen molar-refractivity contribution in [2.75, 3.05) is 14.2 Å². The number of carbonyl (C=O) groups excluding carboxylic acids is 2. The van der Waals surface area contributed by atoms with Crippen molar-refractivity contribution in [1.82, 2.24) is 0 Å². The Morgan fingerprint density at radius 1 is 1.31 bits per heavy atom. The van der Waals surface area contributed by atoms with Crippen molar-refractivity contribution in [2.24, 2.45) is 5.41 Å². The average Bonchev–Trinajstić information content (AvgIpc) is 3.30. The Morgan fingerprint density at radius 2 is 2.07 bits per heavy atom. The van der Waals surface area contributed by atoms with Gasteiger partial charge in [0.2, 0.25) is 0 Å². The first-order valence-corrected chi connectivity index (χ1v) is 9.89. The number of ether oxygens (including phenoxy) is 2. The summed E-state index contributed by atoms with van der Waals surface area (Å²) in [5.41, 5.74) is 3.20. The molecule has 3 aliphatic carbocycles. The first kappa shape index (κ1) is 18.4. The van der Waals surface area contributed by atoms with E-state index >= 15 is 0 Å². The van der Waals surface area contributed by atoms with Crippen LogP contribution in [0, 0.1) is 12.3 Å². The molecule has 152 valence electrons. The number of methoxy groups -OCH3 is 2. The summed E-state index contributed by atoms with van der Waals surface area (Å²) < 4.78 is 15.9. The second-order valence-corrected chi connectivity index (χ2v) is 8.79. The van der Waals surface area contributed by atoms with Gasteiger partial charge in [-0.15, -0.1) is 0 Å². The van der Waals surface area contributed by atoms with Crippen LogP contribution in [0.15, 0.2) is 28.9 Å². The summed E-state index contributed by atoms with van der Waals surface area (Å²) in [5, 5.41) is 11.8. The van der Waals surface area contributed by atoms with Gasteiger partial charge in [0.1, 0.15) is 17.4 Å². The molecule has 2 saturated carbocycles. The summed E-state index contributed by atoms with van der Waals surface area (Å²) in [6, 6.07) is 1.98. The first-order chi connectivity index (χ1) is 13.8. The molecule has 1 aromatic carbocycles. The number of esters is 2. The predicted molar refractivity (Wildman–Crippen MR) is 105 cm³/mol. The van der Waals surface area contributed by atoms with Gasteiger partial charge in [-0.05, 0) is 66.9 Å². The molecule has 1 heterocycles. The summed E-state index contributed by atoms with van der Waals surface area (Å²) in [6.07, 6.45) is 3.89. The van der Waals surface area contributed by atoms with Crippen LogP contribution in [0.3, 0.4) is 0 Å². The summed E-state index contributed by atoms with van der Waals surface area (Å²) in [6.45, 7) is 6.06. The molecule has 1 N–H and O–H groups in total. The van der Waals surface area contributed by atoms with E-state index in [1.165, 1.54) is 20.5 Å². The van der Waals surface area contributed by atoms with Crippen molar-refractivity contribution >= 4 is 22.9 Å². The number of aryl methyl sites for hydroxylation is 1. The molecule has 29 heavy (non-hydrogen) atoms. The van der Waals surface area contributed by atoms with E-state index in [1.807, 2.05) is 13.0 Å². The molecule has 2 fully saturated rings. The van der Waals surface area contributed by atoms with Crippen molar-refractivity contribution < 1.29 is 28.6 Å². The number of hydrogen-bond acceptors (Lipinski definition) is 6. The Morgan fingerprint density at radius 3 is 2.76 bits per heavy atom. The number of furan rings is 1. The quantitative estimate of drug-likeness (QED) is 0.615. The van der Waals surface area contributed by atoms with E-state index in [1.54, 1.807) is 0 Å². The molecule has 0 radical (unpaired) electrons. The first-order valence-electron chi connectivity index (χ1n) is 9.89. The lowest BCUT2D eigenvalue weighted by Gasteiger charge is -2.41. The molecule has 4 atom stereocenters. The van der Waals surface area contributed by atoms with Crippen LogP contribution in [0.5, 0.6) is 0 Å². The van der Waals surface area contributed by atoms with Crippen molar-refractivity contribution in [3.8, 4) is 0 Å². The van der Waals surface area contributed by atoms with E-state index in [2.05, 4.69) is 6.58 Å². The molecule has 0 aliphatic heterocycles.